The van der Waals surface area contributed by atoms with E-state index in [0.29, 0.717) is 36.5 Å². The minimum absolute atomic E-state index is 0.0536. The topological polar surface area (TPSA) is 103 Å². The van der Waals surface area contributed by atoms with Crippen LogP contribution in [0, 0.1) is 6.92 Å². The molecule has 12 heteroatoms. The molecule has 1 unspecified atom stereocenters. The van der Waals surface area contributed by atoms with Crippen molar-refractivity contribution in [3.63, 3.8) is 0 Å². The van der Waals surface area contributed by atoms with Crippen LogP contribution in [0.3, 0.4) is 0 Å². The van der Waals surface area contributed by atoms with E-state index in [1.165, 1.54) is 12.1 Å². The largest absolute Gasteiger partial charge is 0.478 e. The van der Waals surface area contributed by atoms with Gasteiger partial charge in [-0.05, 0) is 54.4 Å². The average molecular weight is 608 g/mol. The van der Waals surface area contributed by atoms with Crippen LogP contribution in [0.5, 0.6) is 5.75 Å². The average Bonchev–Trinajstić information content (AvgIpc) is 3.38. The number of aliphatic carboxylic acids is 1. The Balaban J connectivity index is 1.55. The second-order valence-electron chi connectivity index (χ2n) is 9.75. The summed E-state index contributed by atoms with van der Waals surface area (Å²) in [6, 6.07) is 19.5. The highest BCUT2D eigenvalue weighted by molar-refractivity contribution is 7.13. The van der Waals surface area contributed by atoms with Gasteiger partial charge in [0.25, 0.3) is 5.56 Å². The first-order valence-electron chi connectivity index (χ1n) is 13.0. The Morgan fingerprint density at radius 2 is 1.81 bits per heavy atom. The number of ether oxygens (including phenoxy) is 1. The number of nitrogens with zero attached hydrogens (tertiary/aromatic N) is 3. The normalized spacial score (nSPS) is 12.6. The summed E-state index contributed by atoms with van der Waals surface area (Å²) < 4.78 is 52.3. The van der Waals surface area contributed by atoms with Gasteiger partial charge in [-0.25, -0.2) is 14.2 Å². The molecule has 0 fully saturated rings. The minimum atomic E-state index is -4.88. The molecule has 1 N–H and O–H groups in total. The van der Waals surface area contributed by atoms with Gasteiger partial charge in [-0.15, -0.1) is 0 Å². The van der Waals surface area contributed by atoms with Crippen LogP contribution in [0.4, 0.5) is 13.2 Å². The molecule has 43 heavy (non-hydrogen) atoms. The van der Waals surface area contributed by atoms with E-state index in [4.69, 9.17) is 4.74 Å². The van der Waals surface area contributed by atoms with Crippen LogP contribution in [0.25, 0.3) is 33.1 Å². The van der Waals surface area contributed by atoms with E-state index in [9.17, 15) is 32.7 Å². The summed E-state index contributed by atoms with van der Waals surface area (Å²) in [5, 5.41) is 10.4. The lowest BCUT2D eigenvalue weighted by molar-refractivity contribution is -0.145. The quantitative estimate of drug-likeness (QED) is 0.230. The van der Waals surface area contributed by atoms with Crippen molar-refractivity contribution in [2.24, 2.45) is 7.05 Å². The van der Waals surface area contributed by atoms with Crippen molar-refractivity contribution in [1.29, 1.82) is 0 Å². The Morgan fingerprint density at radius 1 is 1.07 bits per heavy atom. The van der Waals surface area contributed by atoms with Gasteiger partial charge in [-0.3, -0.25) is 9.36 Å². The fraction of sp³-hybridized carbons (Fsp3) is 0.161. The molecule has 0 spiro atoms. The third-order valence-corrected chi connectivity index (χ3v) is 7.54. The van der Waals surface area contributed by atoms with E-state index in [0.717, 1.165) is 29.7 Å². The Kier molecular flexibility index (Phi) is 8.05. The van der Waals surface area contributed by atoms with Crippen LogP contribution < -0.4 is 16.0 Å². The molecule has 2 heterocycles. The molecule has 5 rings (SSSR count). The van der Waals surface area contributed by atoms with Crippen LogP contribution in [-0.4, -0.2) is 30.7 Å². The first-order chi connectivity index (χ1) is 20.4. The number of aryl methyl sites for hydroxylation is 1. The zero-order chi connectivity index (χ0) is 30.9. The number of carbonyl (C=O) groups is 1. The molecule has 0 saturated heterocycles. The Labute approximate surface area is 246 Å². The van der Waals surface area contributed by atoms with Crippen molar-refractivity contribution in [1.82, 2.24) is 13.5 Å². The number of fused-ring (bicyclic) bond motifs is 1. The van der Waals surface area contributed by atoms with Gasteiger partial charge in [0.2, 0.25) is 0 Å². The zero-order valence-corrected chi connectivity index (χ0v) is 23.6. The minimum Gasteiger partial charge on any atom is -0.478 e. The van der Waals surface area contributed by atoms with E-state index in [1.54, 1.807) is 36.4 Å². The third-order valence-electron chi connectivity index (χ3n) is 6.72. The smallest absolute Gasteiger partial charge is 0.431 e. The maximum Gasteiger partial charge on any atom is 0.431 e. The van der Waals surface area contributed by atoms with Gasteiger partial charge in [0.05, 0.1) is 16.1 Å². The van der Waals surface area contributed by atoms with Gasteiger partial charge >= 0.3 is 17.8 Å². The lowest BCUT2D eigenvalue weighted by atomic mass is 10.0. The highest BCUT2D eigenvalue weighted by Gasteiger charge is 2.35. The standard InChI is InChI=1S/C31H24F3N3O5S/c1-18-11-13-23(42-24(29(39)40)10-6-9-19-7-4-3-5-8-19)21(15-18)28-22-16-20(12-14-25(22)43-35-28)37-27(38)17-26(31(32,33)34)36(2)30(37)41/h3-9,11-17,24H,10H2,1-2H3,(H,39,40)/b9-6+. The van der Waals surface area contributed by atoms with Crippen LogP contribution >= 0.6 is 11.5 Å². The Morgan fingerprint density at radius 3 is 2.51 bits per heavy atom. The highest BCUT2D eigenvalue weighted by Crippen LogP contribution is 2.38. The van der Waals surface area contributed by atoms with Crippen molar-refractivity contribution in [3.8, 4) is 22.7 Å². The molecule has 0 amide bonds. The van der Waals surface area contributed by atoms with Crippen molar-refractivity contribution in [2.75, 3.05) is 0 Å². The summed E-state index contributed by atoms with van der Waals surface area (Å²) in [6.07, 6.45) is -2.49. The molecular weight excluding hydrogens is 583 g/mol. The summed E-state index contributed by atoms with van der Waals surface area (Å²) in [5.74, 6) is -0.904. The van der Waals surface area contributed by atoms with E-state index < -0.39 is 35.2 Å². The molecular formula is C31H24F3N3O5S. The van der Waals surface area contributed by atoms with Crippen molar-refractivity contribution in [2.45, 2.75) is 25.6 Å². The number of hydrogen-bond donors (Lipinski definition) is 1. The molecule has 0 aliphatic heterocycles. The number of rotatable bonds is 8. The maximum absolute atomic E-state index is 13.3. The summed E-state index contributed by atoms with van der Waals surface area (Å²) in [7, 11) is 0.946. The number of halogens is 3. The van der Waals surface area contributed by atoms with Crippen molar-refractivity contribution in [3.05, 3.63) is 117 Å². The number of carboxylic acids is 1. The fourth-order valence-electron chi connectivity index (χ4n) is 4.57. The predicted molar refractivity (Wildman–Crippen MR) is 158 cm³/mol. The van der Waals surface area contributed by atoms with Crippen LogP contribution in [-0.2, 0) is 18.0 Å². The molecule has 2 aromatic heterocycles. The van der Waals surface area contributed by atoms with Gasteiger partial charge in [-0.2, -0.15) is 17.5 Å². The third kappa shape index (κ3) is 6.14. The molecule has 1 atom stereocenters. The van der Waals surface area contributed by atoms with Gasteiger partial charge in [0.15, 0.2) is 6.10 Å². The van der Waals surface area contributed by atoms with Gasteiger partial charge in [-0.1, -0.05) is 54.1 Å². The van der Waals surface area contributed by atoms with Crippen LogP contribution in [0.15, 0.2) is 88.5 Å². The van der Waals surface area contributed by atoms with Gasteiger partial charge < -0.3 is 9.84 Å². The maximum atomic E-state index is 13.3. The number of hydrogen-bond acceptors (Lipinski definition) is 6. The summed E-state index contributed by atoms with van der Waals surface area (Å²) >= 11 is 1.13. The van der Waals surface area contributed by atoms with E-state index >= 15 is 0 Å². The zero-order valence-electron chi connectivity index (χ0n) is 22.8. The van der Waals surface area contributed by atoms with E-state index in [-0.39, 0.29) is 17.9 Å². The molecule has 0 aliphatic carbocycles. The molecule has 0 aliphatic rings. The van der Waals surface area contributed by atoms with Crippen molar-refractivity contribution < 1.29 is 27.8 Å². The number of alkyl halides is 3. The number of aromatic nitrogens is 3. The first-order valence-corrected chi connectivity index (χ1v) is 13.7. The second-order valence-corrected chi connectivity index (χ2v) is 10.6. The molecule has 3 aromatic carbocycles. The molecule has 5 aromatic rings. The molecule has 220 valence electrons. The second kappa shape index (κ2) is 11.7. The molecule has 0 bridgehead atoms. The lowest BCUT2D eigenvalue weighted by Gasteiger charge is -2.17. The van der Waals surface area contributed by atoms with Gasteiger partial charge in [0, 0.05) is 30.5 Å². The summed E-state index contributed by atoms with van der Waals surface area (Å²) in [4.78, 5) is 37.7. The molecule has 0 radical (unpaired) electrons. The predicted octanol–water partition coefficient (Wildman–Crippen LogP) is 6.08. The first kappa shape index (κ1) is 29.5. The number of benzene rings is 3. The van der Waals surface area contributed by atoms with Gasteiger partial charge in [0.1, 0.15) is 11.4 Å². The Bertz CT molecular complexity index is 1980. The van der Waals surface area contributed by atoms with Crippen LogP contribution in [0.2, 0.25) is 0 Å². The molecule has 0 saturated carbocycles. The summed E-state index contributed by atoms with van der Waals surface area (Å²) in [5.41, 5.74) is -0.958. The SMILES string of the molecule is Cc1ccc(OC(C/C=C/c2ccccc2)C(=O)O)c(-c2nsc3ccc(-n4c(=O)cc(C(F)(F)F)n(C)c4=O)cc23)c1. The Hall–Kier alpha value is -4.97. The lowest BCUT2D eigenvalue weighted by Crippen LogP contribution is -2.40. The fourth-order valence-corrected chi connectivity index (χ4v) is 5.34. The summed E-state index contributed by atoms with van der Waals surface area (Å²) in [6.45, 7) is 1.84. The van der Waals surface area contributed by atoms with E-state index in [1.807, 2.05) is 37.3 Å². The van der Waals surface area contributed by atoms with Crippen LogP contribution in [0.1, 0.15) is 23.2 Å². The number of carboxylic acid groups (broad SMARTS) is 1. The molecule has 8 nitrogen and oxygen atoms in total. The van der Waals surface area contributed by atoms with E-state index in [2.05, 4.69) is 4.37 Å². The highest BCUT2D eigenvalue weighted by atomic mass is 32.1. The monoisotopic (exact) mass is 607 g/mol. The van der Waals surface area contributed by atoms with Crippen molar-refractivity contribution >= 4 is 33.7 Å².